The van der Waals surface area contributed by atoms with Crippen LogP contribution in [0.1, 0.15) is 50.7 Å². The predicted molar refractivity (Wildman–Crippen MR) is 89.9 cm³/mol. The van der Waals surface area contributed by atoms with Crippen molar-refractivity contribution in [2.24, 2.45) is 0 Å². The summed E-state index contributed by atoms with van der Waals surface area (Å²) < 4.78 is 1.25. The van der Waals surface area contributed by atoms with Crippen molar-refractivity contribution in [1.29, 1.82) is 0 Å². The molecule has 3 heteroatoms. The van der Waals surface area contributed by atoms with Crippen LogP contribution in [0.3, 0.4) is 0 Å². The molecule has 1 aliphatic rings. The van der Waals surface area contributed by atoms with E-state index < -0.39 is 0 Å². The molecule has 2 nitrogen and oxygen atoms in total. The van der Waals surface area contributed by atoms with Crippen LogP contribution in [0.25, 0.3) is 0 Å². The smallest absolute Gasteiger partial charge is 0.0247 e. The van der Waals surface area contributed by atoms with E-state index in [1.54, 1.807) is 0 Å². The van der Waals surface area contributed by atoms with Gasteiger partial charge in [-0.15, -0.1) is 0 Å². The fourth-order valence-corrected chi connectivity index (χ4v) is 3.64. The molecule has 0 bridgehead atoms. The fourth-order valence-electron chi connectivity index (χ4n) is 3.09. The molecule has 20 heavy (non-hydrogen) atoms. The standard InChI is InChI=1S/C17H27BrN2/c1-3-19-12-14-9-10-15(17(18)11-14)13-20(4-2)16-7-5-6-8-16/h9-11,16,19H,3-8,12-13H2,1-2H3. The minimum Gasteiger partial charge on any atom is -0.313 e. The van der Waals surface area contributed by atoms with Crippen LogP contribution in [-0.2, 0) is 13.1 Å². The van der Waals surface area contributed by atoms with E-state index in [-0.39, 0.29) is 0 Å². The average Bonchev–Trinajstić information content (AvgIpc) is 2.98. The summed E-state index contributed by atoms with van der Waals surface area (Å²) >= 11 is 3.75. The molecule has 1 saturated carbocycles. The number of benzene rings is 1. The van der Waals surface area contributed by atoms with Crippen LogP contribution in [0.2, 0.25) is 0 Å². The quantitative estimate of drug-likeness (QED) is 0.796. The third kappa shape index (κ3) is 4.31. The fraction of sp³-hybridized carbons (Fsp3) is 0.647. The molecule has 0 amide bonds. The molecule has 1 aromatic rings. The van der Waals surface area contributed by atoms with Crippen molar-refractivity contribution in [3.05, 3.63) is 33.8 Å². The normalized spacial score (nSPS) is 16.2. The topological polar surface area (TPSA) is 15.3 Å². The van der Waals surface area contributed by atoms with E-state index in [9.17, 15) is 0 Å². The number of halogens is 1. The van der Waals surface area contributed by atoms with Crippen molar-refractivity contribution in [2.45, 2.75) is 58.7 Å². The van der Waals surface area contributed by atoms with Gasteiger partial charge in [0.15, 0.2) is 0 Å². The van der Waals surface area contributed by atoms with Crippen LogP contribution < -0.4 is 5.32 Å². The summed E-state index contributed by atoms with van der Waals surface area (Å²) in [6.45, 7) is 8.62. The van der Waals surface area contributed by atoms with Gasteiger partial charge in [-0.1, -0.05) is 54.8 Å². The van der Waals surface area contributed by atoms with Gasteiger partial charge < -0.3 is 5.32 Å². The number of hydrogen-bond acceptors (Lipinski definition) is 2. The van der Waals surface area contributed by atoms with E-state index in [2.05, 4.69) is 58.2 Å². The van der Waals surface area contributed by atoms with Crippen molar-refractivity contribution < 1.29 is 0 Å². The molecule has 0 spiro atoms. The number of nitrogens with zero attached hydrogens (tertiary/aromatic N) is 1. The lowest BCUT2D eigenvalue weighted by Gasteiger charge is -2.28. The summed E-state index contributed by atoms with van der Waals surface area (Å²) in [6.07, 6.45) is 5.57. The van der Waals surface area contributed by atoms with E-state index in [1.165, 1.54) is 41.3 Å². The van der Waals surface area contributed by atoms with Crippen LogP contribution in [0.5, 0.6) is 0 Å². The van der Waals surface area contributed by atoms with Gasteiger partial charge in [0.2, 0.25) is 0 Å². The van der Waals surface area contributed by atoms with Crippen LogP contribution in [0, 0.1) is 0 Å². The van der Waals surface area contributed by atoms with Crippen LogP contribution >= 0.6 is 15.9 Å². The Hall–Kier alpha value is -0.380. The number of nitrogens with one attached hydrogen (secondary N) is 1. The molecule has 0 saturated heterocycles. The SMILES string of the molecule is CCNCc1ccc(CN(CC)C2CCCC2)c(Br)c1. The highest BCUT2D eigenvalue weighted by Crippen LogP contribution is 2.27. The Morgan fingerprint density at radius 3 is 2.60 bits per heavy atom. The maximum absolute atomic E-state index is 3.75. The summed E-state index contributed by atoms with van der Waals surface area (Å²) in [5.41, 5.74) is 2.77. The Morgan fingerprint density at radius 1 is 1.25 bits per heavy atom. The number of hydrogen-bond donors (Lipinski definition) is 1. The van der Waals surface area contributed by atoms with Gasteiger partial charge in [-0.2, -0.15) is 0 Å². The molecule has 0 heterocycles. The Balaban J connectivity index is 2.00. The highest BCUT2D eigenvalue weighted by molar-refractivity contribution is 9.10. The second-order valence-electron chi connectivity index (χ2n) is 5.71. The van der Waals surface area contributed by atoms with Gasteiger partial charge in [-0.3, -0.25) is 4.90 Å². The summed E-state index contributed by atoms with van der Waals surface area (Å²) in [5, 5.41) is 3.38. The maximum atomic E-state index is 3.75. The van der Waals surface area contributed by atoms with Gasteiger partial charge in [-0.25, -0.2) is 0 Å². The zero-order valence-corrected chi connectivity index (χ0v) is 14.4. The molecule has 1 aliphatic carbocycles. The first kappa shape index (κ1) is 16.0. The van der Waals surface area contributed by atoms with Crippen molar-refractivity contribution in [3.8, 4) is 0 Å². The first-order valence-corrected chi connectivity index (χ1v) is 8.76. The molecule has 1 N–H and O–H groups in total. The highest BCUT2D eigenvalue weighted by Gasteiger charge is 2.21. The molecule has 0 atom stereocenters. The zero-order valence-electron chi connectivity index (χ0n) is 12.8. The molecule has 0 unspecified atom stereocenters. The summed E-state index contributed by atoms with van der Waals surface area (Å²) in [7, 11) is 0. The lowest BCUT2D eigenvalue weighted by atomic mass is 10.1. The van der Waals surface area contributed by atoms with E-state index in [0.717, 1.165) is 32.2 Å². The van der Waals surface area contributed by atoms with Crippen molar-refractivity contribution in [2.75, 3.05) is 13.1 Å². The minimum atomic E-state index is 0.799. The van der Waals surface area contributed by atoms with Gasteiger partial charge >= 0.3 is 0 Å². The predicted octanol–water partition coefficient (Wildman–Crippen LogP) is 4.32. The molecule has 112 valence electrons. The second-order valence-corrected chi connectivity index (χ2v) is 6.56. The number of rotatable bonds is 7. The molecule has 1 aromatic carbocycles. The van der Waals surface area contributed by atoms with Crippen molar-refractivity contribution >= 4 is 15.9 Å². The Morgan fingerprint density at radius 2 is 2.00 bits per heavy atom. The first-order valence-electron chi connectivity index (χ1n) is 7.96. The molecule has 1 fully saturated rings. The minimum absolute atomic E-state index is 0.799. The largest absolute Gasteiger partial charge is 0.313 e. The third-order valence-corrected chi connectivity index (χ3v) is 5.06. The van der Waals surface area contributed by atoms with Gasteiger partial charge in [0.05, 0.1) is 0 Å². The summed E-state index contributed by atoms with van der Waals surface area (Å²) in [4.78, 5) is 2.64. The van der Waals surface area contributed by atoms with Crippen LogP contribution in [-0.4, -0.2) is 24.0 Å². The van der Waals surface area contributed by atoms with Crippen molar-refractivity contribution in [1.82, 2.24) is 10.2 Å². The molecule has 2 rings (SSSR count). The molecular formula is C17H27BrN2. The maximum Gasteiger partial charge on any atom is 0.0247 e. The zero-order chi connectivity index (χ0) is 14.4. The molecule has 0 aromatic heterocycles. The van der Waals surface area contributed by atoms with Crippen molar-refractivity contribution in [3.63, 3.8) is 0 Å². The summed E-state index contributed by atoms with van der Waals surface area (Å²) in [6, 6.07) is 7.61. The molecular weight excluding hydrogens is 312 g/mol. The monoisotopic (exact) mass is 338 g/mol. The van der Waals surface area contributed by atoms with E-state index in [1.807, 2.05) is 0 Å². The van der Waals surface area contributed by atoms with Crippen LogP contribution in [0.4, 0.5) is 0 Å². The lowest BCUT2D eigenvalue weighted by molar-refractivity contribution is 0.200. The second kappa shape index (κ2) is 8.16. The first-order chi connectivity index (χ1) is 9.74. The summed E-state index contributed by atoms with van der Waals surface area (Å²) in [5.74, 6) is 0. The van der Waals surface area contributed by atoms with E-state index in [4.69, 9.17) is 0 Å². The highest BCUT2D eigenvalue weighted by atomic mass is 79.9. The van der Waals surface area contributed by atoms with E-state index >= 15 is 0 Å². The Bertz CT molecular complexity index is 413. The van der Waals surface area contributed by atoms with Gasteiger partial charge in [0, 0.05) is 23.6 Å². The average molecular weight is 339 g/mol. The molecule has 0 radical (unpaired) electrons. The van der Waals surface area contributed by atoms with E-state index in [0.29, 0.717) is 0 Å². The van der Waals surface area contributed by atoms with Gasteiger partial charge in [0.25, 0.3) is 0 Å². The Labute approximate surface area is 132 Å². The Kier molecular flexibility index (Phi) is 6.53. The van der Waals surface area contributed by atoms with Gasteiger partial charge in [-0.05, 0) is 43.1 Å². The third-order valence-electron chi connectivity index (χ3n) is 4.32. The van der Waals surface area contributed by atoms with Crippen LogP contribution in [0.15, 0.2) is 22.7 Å². The van der Waals surface area contributed by atoms with Gasteiger partial charge in [0.1, 0.15) is 0 Å². The lowest BCUT2D eigenvalue weighted by Crippen LogP contribution is -2.32. The molecule has 0 aliphatic heterocycles.